The van der Waals surface area contributed by atoms with Crippen molar-refractivity contribution >= 4 is 32.7 Å². The largest absolute Gasteiger partial charge is 0.307 e. The van der Waals surface area contributed by atoms with Gasteiger partial charge in [-0.3, -0.25) is 0 Å². The lowest BCUT2D eigenvalue weighted by Gasteiger charge is -2.22. The second-order valence-electron chi connectivity index (χ2n) is 16.8. The Bertz CT molecular complexity index is 3510. The summed E-state index contributed by atoms with van der Waals surface area (Å²) in [6.07, 6.45) is 0. The highest BCUT2D eigenvalue weighted by atomic mass is 15.0. The summed E-state index contributed by atoms with van der Waals surface area (Å²) >= 11 is 0. The molecular formula is C58H40N4. The maximum atomic E-state index is 5.36. The monoisotopic (exact) mass is 792 g/mol. The Kier molecular flexibility index (Phi) is 8.16. The number of pyridine rings is 1. The molecule has 8 aromatic carbocycles. The number of aromatic nitrogens is 4. The molecule has 11 aromatic rings. The lowest BCUT2D eigenvalue weighted by atomic mass is 9.82. The highest BCUT2D eigenvalue weighted by Gasteiger charge is 2.35. The van der Waals surface area contributed by atoms with Crippen LogP contribution in [0.1, 0.15) is 25.0 Å². The third-order valence-electron chi connectivity index (χ3n) is 12.8. The number of rotatable bonds is 6. The molecule has 12 rings (SSSR count). The van der Waals surface area contributed by atoms with Crippen molar-refractivity contribution in [1.82, 2.24) is 19.5 Å². The van der Waals surface area contributed by atoms with Crippen molar-refractivity contribution in [3.05, 3.63) is 217 Å². The summed E-state index contributed by atoms with van der Waals surface area (Å²) in [7, 11) is 0. The van der Waals surface area contributed by atoms with Crippen LogP contribution in [0.5, 0.6) is 0 Å². The van der Waals surface area contributed by atoms with Crippen LogP contribution in [0.2, 0.25) is 0 Å². The highest BCUT2D eigenvalue weighted by molar-refractivity contribution is 6.23. The molecule has 0 spiro atoms. The third kappa shape index (κ3) is 5.72. The molecular weight excluding hydrogens is 753 g/mol. The van der Waals surface area contributed by atoms with Crippen LogP contribution in [0.25, 0.3) is 106 Å². The Hall–Kier alpha value is -7.95. The number of benzene rings is 8. The van der Waals surface area contributed by atoms with Gasteiger partial charge in [-0.05, 0) is 69.8 Å². The van der Waals surface area contributed by atoms with Gasteiger partial charge in [0.25, 0.3) is 0 Å². The molecule has 0 aliphatic heterocycles. The Morgan fingerprint density at radius 3 is 1.73 bits per heavy atom. The molecule has 62 heavy (non-hydrogen) atoms. The SMILES string of the molecule is CC1(C)c2ccccc2-c2ccc(-c3cc(-c4ccc(-c5ccc(-c6nc7ccccc7c7c8ccccc8n(-c8ccccc8)c67)cc5)cc4)nc(-c4ccccc4)n3)cc21. The van der Waals surface area contributed by atoms with Crippen molar-refractivity contribution in [2.75, 3.05) is 0 Å². The van der Waals surface area contributed by atoms with Crippen LogP contribution in [0.4, 0.5) is 0 Å². The van der Waals surface area contributed by atoms with Gasteiger partial charge in [-0.15, -0.1) is 0 Å². The molecule has 3 heterocycles. The van der Waals surface area contributed by atoms with E-state index in [-0.39, 0.29) is 5.41 Å². The highest BCUT2D eigenvalue weighted by Crippen LogP contribution is 2.49. The summed E-state index contributed by atoms with van der Waals surface area (Å²) in [6, 6.07) is 73.4. The average molecular weight is 793 g/mol. The summed E-state index contributed by atoms with van der Waals surface area (Å²) in [5.41, 5.74) is 18.8. The van der Waals surface area contributed by atoms with E-state index in [0.29, 0.717) is 5.82 Å². The van der Waals surface area contributed by atoms with E-state index in [2.05, 4.69) is 206 Å². The van der Waals surface area contributed by atoms with Gasteiger partial charge in [0.05, 0.1) is 33.6 Å². The lowest BCUT2D eigenvalue weighted by molar-refractivity contribution is 0.660. The van der Waals surface area contributed by atoms with Crippen LogP contribution in [0, 0.1) is 0 Å². The summed E-state index contributed by atoms with van der Waals surface area (Å²) in [4.78, 5) is 15.7. The minimum absolute atomic E-state index is 0.103. The summed E-state index contributed by atoms with van der Waals surface area (Å²) in [5.74, 6) is 0.712. The Morgan fingerprint density at radius 1 is 0.403 bits per heavy atom. The molecule has 3 aromatic heterocycles. The van der Waals surface area contributed by atoms with Gasteiger partial charge in [0, 0.05) is 49.5 Å². The van der Waals surface area contributed by atoms with E-state index in [1.54, 1.807) is 0 Å². The fourth-order valence-corrected chi connectivity index (χ4v) is 9.72. The molecule has 0 radical (unpaired) electrons. The molecule has 0 fully saturated rings. The zero-order valence-electron chi connectivity index (χ0n) is 34.4. The van der Waals surface area contributed by atoms with Gasteiger partial charge >= 0.3 is 0 Å². The zero-order chi connectivity index (χ0) is 41.4. The first-order valence-electron chi connectivity index (χ1n) is 21.3. The molecule has 0 N–H and O–H groups in total. The van der Waals surface area contributed by atoms with Crippen molar-refractivity contribution in [2.45, 2.75) is 19.3 Å². The molecule has 1 aliphatic rings. The Labute approximate surface area is 360 Å². The number of nitrogens with zero attached hydrogens (tertiary/aromatic N) is 4. The molecule has 4 heteroatoms. The summed E-state index contributed by atoms with van der Waals surface area (Å²) in [6.45, 7) is 4.64. The minimum Gasteiger partial charge on any atom is -0.307 e. The van der Waals surface area contributed by atoms with E-state index < -0.39 is 0 Å². The molecule has 0 saturated heterocycles. The van der Waals surface area contributed by atoms with Crippen LogP contribution in [-0.4, -0.2) is 19.5 Å². The topological polar surface area (TPSA) is 43.6 Å². The second kappa shape index (κ2) is 14.1. The molecule has 0 saturated carbocycles. The van der Waals surface area contributed by atoms with E-state index in [0.717, 1.165) is 72.6 Å². The predicted octanol–water partition coefficient (Wildman–Crippen LogP) is 14.8. The molecule has 0 amide bonds. The maximum Gasteiger partial charge on any atom is 0.160 e. The lowest BCUT2D eigenvalue weighted by Crippen LogP contribution is -2.14. The van der Waals surface area contributed by atoms with Crippen molar-refractivity contribution in [3.63, 3.8) is 0 Å². The van der Waals surface area contributed by atoms with Crippen molar-refractivity contribution < 1.29 is 0 Å². The van der Waals surface area contributed by atoms with Crippen LogP contribution in [-0.2, 0) is 5.41 Å². The third-order valence-corrected chi connectivity index (χ3v) is 12.8. The van der Waals surface area contributed by atoms with Gasteiger partial charge in [-0.2, -0.15) is 0 Å². The normalized spacial score (nSPS) is 12.8. The van der Waals surface area contributed by atoms with Crippen molar-refractivity contribution in [2.24, 2.45) is 0 Å². The first-order valence-corrected chi connectivity index (χ1v) is 21.3. The second-order valence-corrected chi connectivity index (χ2v) is 16.8. The van der Waals surface area contributed by atoms with Crippen LogP contribution >= 0.6 is 0 Å². The fourth-order valence-electron chi connectivity index (χ4n) is 9.72. The Balaban J connectivity index is 0.927. The predicted molar refractivity (Wildman–Crippen MR) is 256 cm³/mol. The number of hydrogen-bond donors (Lipinski definition) is 0. The molecule has 4 nitrogen and oxygen atoms in total. The number of para-hydroxylation sites is 3. The van der Waals surface area contributed by atoms with Gasteiger partial charge < -0.3 is 4.57 Å². The first kappa shape index (κ1) is 35.9. The summed E-state index contributed by atoms with van der Waals surface area (Å²) in [5, 5.41) is 3.60. The number of fused-ring (bicyclic) bond motifs is 8. The smallest absolute Gasteiger partial charge is 0.160 e. The van der Waals surface area contributed by atoms with E-state index in [4.69, 9.17) is 15.0 Å². The molecule has 292 valence electrons. The van der Waals surface area contributed by atoms with Crippen molar-refractivity contribution in [1.29, 1.82) is 0 Å². The van der Waals surface area contributed by atoms with Gasteiger partial charge in [0.1, 0.15) is 0 Å². The van der Waals surface area contributed by atoms with E-state index in [1.165, 1.54) is 38.5 Å². The van der Waals surface area contributed by atoms with Crippen LogP contribution in [0.15, 0.2) is 206 Å². The van der Waals surface area contributed by atoms with Crippen LogP contribution < -0.4 is 0 Å². The van der Waals surface area contributed by atoms with Crippen LogP contribution in [0.3, 0.4) is 0 Å². The maximum absolute atomic E-state index is 5.36. The standard InChI is InChI=1S/C58H40N4/c1-58(2)48-22-12-9-19-44(48)45-34-33-42(35-49(45)58)52-36-51(60-57(61-52)41-15-5-3-6-16-41)39-29-25-37(26-30-39)38-27-31-40(32-28-38)55-56-54(46-20-10-13-23-50(46)59-55)47-21-11-14-24-53(47)62(56)43-17-7-4-8-18-43/h3-36H,1-2H3. The van der Waals surface area contributed by atoms with E-state index in [1.807, 2.05) is 18.2 Å². The van der Waals surface area contributed by atoms with E-state index >= 15 is 0 Å². The van der Waals surface area contributed by atoms with Gasteiger partial charge in [0.2, 0.25) is 0 Å². The zero-order valence-corrected chi connectivity index (χ0v) is 34.4. The Morgan fingerprint density at radius 2 is 0.968 bits per heavy atom. The molecule has 1 aliphatic carbocycles. The average Bonchev–Trinajstić information content (AvgIpc) is 3.81. The molecule has 0 atom stereocenters. The van der Waals surface area contributed by atoms with E-state index in [9.17, 15) is 0 Å². The number of hydrogen-bond acceptors (Lipinski definition) is 3. The molecule has 0 bridgehead atoms. The quantitative estimate of drug-likeness (QED) is 0.168. The minimum atomic E-state index is -0.103. The van der Waals surface area contributed by atoms with Gasteiger partial charge in [0.15, 0.2) is 5.82 Å². The van der Waals surface area contributed by atoms with Gasteiger partial charge in [-0.1, -0.05) is 184 Å². The fraction of sp³-hybridized carbons (Fsp3) is 0.0517. The first-order chi connectivity index (χ1) is 30.5. The summed E-state index contributed by atoms with van der Waals surface area (Å²) < 4.78 is 2.37. The van der Waals surface area contributed by atoms with Crippen molar-refractivity contribution in [3.8, 4) is 73.1 Å². The molecule has 0 unspecified atom stereocenters. The van der Waals surface area contributed by atoms with Gasteiger partial charge in [-0.25, -0.2) is 15.0 Å².